The third-order valence-electron chi connectivity index (χ3n) is 10.1. The molecular weight excluding hydrogens is 752 g/mol. The number of nitrogens with zero attached hydrogens (tertiary/aromatic N) is 1. The molecule has 1 saturated heterocycles. The van der Waals surface area contributed by atoms with E-state index in [0.717, 1.165) is 43.3 Å². The van der Waals surface area contributed by atoms with Gasteiger partial charge in [-0.15, -0.1) is 11.8 Å². The molecule has 11 nitrogen and oxygen atoms in total. The number of carbonyl (C=O) groups is 3. The fourth-order valence-electron chi connectivity index (χ4n) is 8.28. The number of aromatic nitrogens is 1. The number of thiazole rings is 1. The number of benzene rings is 3. The summed E-state index contributed by atoms with van der Waals surface area (Å²) < 4.78 is 30.1. The van der Waals surface area contributed by atoms with Crippen molar-refractivity contribution in [1.82, 2.24) is 4.98 Å². The number of aromatic amines is 1. The fraction of sp³-hybridized carbons (Fsp3) is 0.294. The SMILES string of the molecule is Cc1ccc(N2C(=O)C3C(C2=O)[C@@H]2C[C@H]3C3Sc4[nH]c(=O)sc4[C@H](c4cc(Br)ccc4OCC(=O)Nc4ccc(S(N)(=O)=O)cc4)C32)cc1. The number of anilines is 2. The van der Waals surface area contributed by atoms with Crippen LogP contribution in [0.1, 0.15) is 28.3 Å². The van der Waals surface area contributed by atoms with Gasteiger partial charge in [-0.2, -0.15) is 0 Å². The predicted octanol–water partition coefficient (Wildman–Crippen LogP) is 4.85. The summed E-state index contributed by atoms with van der Waals surface area (Å²) in [7, 11) is -3.87. The molecule has 7 atom stereocenters. The van der Waals surface area contributed by atoms with Crippen molar-refractivity contribution in [1.29, 1.82) is 0 Å². The number of nitrogens with two attached hydrogens (primary N) is 1. The number of hydrogen-bond donors (Lipinski definition) is 3. The molecule has 15 heteroatoms. The summed E-state index contributed by atoms with van der Waals surface area (Å²) in [5.41, 5.74) is 2.78. The van der Waals surface area contributed by atoms with Crippen LogP contribution in [0.5, 0.6) is 5.75 Å². The lowest BCUT2D eigenvalue weighted by Crippen LogP contribution is -2.42. The molecular formula is C34H29BrN4O7S3. The Bertz CT molecular complexity index is 2200. The van der Waals surface area contributed by atoms with Gasteiger partial charge in [0, 0.05) is 31.8 Å². The average molecular weight is 782 g/mol. The van der Waals surface area contributed by atoms with Gasteiger partial charge in [0.1, 0.15) is 5.75 Å². The normalized spacial score (nSPS) is 26.8. The quantitative estimate of drug-likeness (QED) is 0.224. The lowest BCUT2D eigenvalue weighted by Gasteiger charge is -2.43. The maximum Gasteiger partial charge on any atom is 0.305 e. The number of thioether (sulfide) groups is 1. The number of rotatable bonds is 7. The minimum absolute atomic E-state index is 0.0147. The van der Waals surface area contributed by atoms with Crippen LogP contribution >= 0.6 is 39.0 Å². The van der Waals surface area contributed by atoms with E-state index in [4.69, 9.17) is 9.88 Å². The van der Waals surface area contributed by atoms with E-state index >= 15 is 0 Å². The minimum Gasteiger partial charge on any atom is -0.483 e. The van der Waals surface area contributed by atoms with Crippen molar-refractivity contribution < 1.29 is 27.5 Å². The lowest BCUT2D eigenvalue weighted by atomic mass is 9.68. The van der Waals surface area contributed by atoms with Gasteiger partial charge in [0.2, 0.25) is 21.8 Å². The first-order valence-electron chi connectivity index (χ1n) is 15.6. The van der Waals surface area contributed by atoms with Crippen molar-refractivity contribution in [3.8, 4) is 5.75 Å². The Balaban J connectivity index is 1.11. The van der Waals surface area contributed by atoms with E-state index in [9.17, 15) is 27.6 Å². The smallest absolute Gasteiger partial charge is 0.305 e. The first-order chi connectivity index (χ1) is 23.4. The average Bonchev–Trinajstić information content (AvgIpc) is 3.79. The minimum atomic E-state index is -3.87. The molecule has 2 saturated carbocycles. The van der Waals surface area contributed by atoms with Gasteiger partial charge in [-0.25, -0.2) is 13.6 Å². The summed E-state index contributed by atoms with van der Waals surface area (Å²) in [4.78, 5) is 58.7. The molecule has 2 bridgehead atoms. The molecule has 4 aliphatic rings. The molecule has 0 spiro atoms. The van der Waals surface area contributed by atoms with Gasteiger partial charge >= 0.3 is 4.87 Å². The second-order valence-electron chi connectivity index (χ2n) is 12.9. The molecule has 3 fully saturated rings. The van der Waals surface area contributed by atoms with Crippen molar-refractivity contribution >= 4 is 78.1 Å². The van der Waals surface area contributed by atoms with Crippen LogP contribution in [0.3, 0.4) is 0 Å². The highest BCUT2D eigenvalue weighted by Gasteiger charge is 2.69. The summed E-state index contributed by atoms with van der Waals surface area (Å²) in [5.74, 6) is -1.71. The number of primary sulfonamides is 1. The Morgan fingerprint density at radius 1 is 1.02 bits per heavy atom. The number of halogens is 1. The number of imide groups is 1. The second-order valence-corrected chi connectivity index (χ2v) is 17.6. The largest absolute Gasteiger partial charge is 0.483 e. The summed E-state index contributed by atoms with van der Waals surface area (Å²) in [6.45, 7) is 1.62. The predicted molar refractivity (Wildman–Crippen MR) is 188 cm³/mol. The van der Waals surface area contributed by atoms with Crippen molar-refractivity contribution in [2.24, 2.45) is 34.7 Å². The van der Waals surface area contributed by atoms with Gasteiger partial charge in [-0.1, -0.05) is 45.0 Å². The molecule has 3 aromatic carbocycles. The number of carbonyl (C=O) groups excluding carboxylic acids is 3. The third-order valence-corrected chi connectivity index (χ3v) is 14.2. The number of sulfonamides is 1. The lowest BCUT2D eigenvalue weighted by molar-refractivity contribution is -0.123. The topological polar surface area (TPSA) is 169 Å². The molecule has 4 N–H and O–H groups in total. The molecule has 0 radical (unpaired) electrons. The summed E-state index contributed by atoms with van der Waals surface area (Å²) in [6, 6.07) is 18.5. The number of H-pyrrole nitrogens is 1. The number of ether oxygens (including phenoxy) is 1. The molecule has 4 aromatic rings. The number of amides is 3. The highest BCUT2D eigenvalue weighted by Crippen LogP contribution is 2.69. The Hall–Kier alpha value is -3.76. The summed E-state index contributed by atoms with van der Waals surface area (Å²) in [5, 5.41) is 8.63. The van der Waals surface area contributed by atoms with Gasteiger partial charge in [0.25, 0.3) is 5.91 Å². The Morgan fingerprint density at radius 2 is 1.71 bits per heavy atom. The van der Waals surface area contributed by atoms with Gasteiger partial charge in [-0.3, -0.25) is 24.1 Å². The number of aryl methyl sites for hydroxylation is 1. The van der Waals surface area contributed by atoms with Crippen molar-refractivity contribution in [3.05, 3.63) is 96.9 Å². The van der Waals surface area contributed by atoms with Gasteiger partial charge in [0.05, 0.1) is 27.4 Å². The maximum absolute atomic E-state index is 14.1. The third kappa shape index (κ3) is 5.46. The second kappa shape index (κ2) is 11.9. The zero-order valence-corrected chi connectivity index (χ0v) is 29.8. The molecule has 4 unspecified atom stereocenters. The number of nitrogens with one attached hydrogen (secondary N) is 2. The molecule has 252 valence electrons. The Kier molecular flexibility index (Phi) is 7.90. The van der Waals surface area contributed by atoms with Crippen LogP contribution in [0.2, 0.25) is 0 Å². The number of hydrogen-bond acceptors (Lipinski definition) is 9. The molecule has 3 amide bonds. The monoisotopic (exact) mass is 780 g/mol. The van der Waals surface area contributed by atoms with Crippen LogP contribution in [-0.4, -0.2) is 43.0 Å². The highest BCUT2D eigenvalue weighted by atomic mass is 79.9. The first kappa shape index (κ1) is 32.4. The summed E-state index contributed by atoms with van der Waals surface area (Å²) >= 11 is 6.35. The van der Waals surface area contributed by atoms with E-state index in [2.05, 4.69) is 26.2 Å². The van der Waals surface area contributed by atoms with E-state index in [1.807, 2.05) is 43.3 Å². The zero-order chi connectivity index (χ0) is 34.4. The zero-order valence-electron chi connectivity index (χ0n) is 25.8. The van der Waals surface area contributed by atoms with Gasteiger partial charge < -0.3 is 15.0 Å². The van der Waals surface area contributed by atoms with E-state index in [-0.39, 0.29) is 57.1 Å². The Labute approximate surface area is 297 Å². The van der Waals surface area contributed by atoms with E-state index in [1.54, 1.807) is 17.8 Å². The van der Waals surface area contributed by atoms with E-state index in [0.29, 0.717) is 17.1 Å². The van der Waals surface area contributed by atoms with Crippen LogP contribution in [0, 0.1) is 36.5 Å². The van der Waals surface area contributed by atoms with Crippen LogP contribution in [0.25, 0.3) is 0 Å². The molecule has 3 heterocycles. The molecule has 1 aromatic heterocycles. The number of fused-ring (bicyclic) bond motifs is 9. The van der Waals surface area contributed by atoms with E-state index in [1.165, 1.54) is 29.2 Å². The molecule has 2 aliphatic carbocycles. The molecule has 8 rings (SSSR count). The summed E-state index contributed by atoms with van der Waals surface area (Å²) in [6.07, 6.45) is 0.739. The molecule has 2 aliphatic heterocycles. The van der Waals surface area contributed by atoms with Crippen LogP contribution < -0.4 is 25.0 Å². The highest BCUT2D eigenvalue weighted by molar-refractivity contribution is 9.10. The van der Waals surface area contributed by atoms with Crippen LogP contribution in [0.4, 0.5) is 11.4 Å². The van der Waals surface area contributed by atoms with Crippen molar-refractivity contribution in [3.63, 3.8) is 0 Å². The van der Waals surface area contributed by atoms with Gasteiger partial charge in [-0.05, 0) is 85.7 Å². The maximum atomic E-state index is 14.1. The standard InChI is InChI=1S/C34H29BrN4O7S3/c1-15-2-7-18(8-3-15)39-32(41)27-21-13-22(28(27)33(39)42)29-26(21)25(30-31(47-29)38-34(43)48-30)20-12-16(35)4-11-23(20)46-14-24(40)37-17-5-9-19(10-6-17)49(36,44)45/h2-12,21-22,25-29H,13-14H2,1H3,(H,37,40)(H,38,43)(H2,36,44,45)/t21-,22-,25-,26?,27?,28?,29?/m1/s1. The van der Waals surface area contributed by atoms with Crippen molar-refractivity contribution in [2.45, 2.75) is 34.4 Å². The fourth-order valence-corrected chi connectivity index (χ4v) is 12.0. The first-order valence-corrected chi connectivity index (χ1v) is 19.6. The van der Waals surface area contributed by atoms with Gasteiger partial charge in [0.15, 0.2) is 6.61 Å². The molecule has 49 heavy (non-hydrogen) atoms. The van der Waals surface area contributed by atoms with E-state index < -0.39 is 27.8 Å². The van der Waals surface area contributed by atoms with Crippen LogP contribution in [-0.2, 0) is 24.4 Å². The van der Waals surface area contributed by atoms with Crippen molar-refractivity contribution in [2.75, 3.05) is 16.8 Å². The van der Waals surface area contributed by atoms with Crippen LogP contribution in [0.15, 0.2) is 85.9 Å². The Morgan fingerprint density at radius 3 is 2.41 bits per heavy atom.